The van der Waals surface area contributed by atoms with Crippen molar-refractivity contribution in [2.24, 2.45) is 0 Å². The van der Waals surface area contributed by atoms with Gasteiger partial charge < -0.3 is 5.32 Å². The molecule has 28 heavy (non-hydrogen) atoms. The molecule has 0 spiro atoms. The number of anilines is 1. The molecule has 2 aromatic rings. The van der Waals surface area contributed by atoms with Crippen molar-refractivity contribution in [2.45, 2.75) is 31.3 Å². The molecule has 1 N–H and O–H groups in total. The minimum Gasteiger partial charge on any atom is -0.325 e. The van der Waals surface area contributed by atoms with Gasteiger partial charge in [0.05, 0.1) is 11.4 Å². The summed E-state index contributed by atoms with van der Waals surface area (Å²) >= 11 is 0. The van der Waals surface area contributed by atoms with Crippen LogP contribution >= 0.6 is 0 Å². The van der Waals surface area contributed by atoms with Crippen molar-refractivity contribution >= 4 is 21.6 Å². The van der Waals surface area contributed by atoms with Gasteiger partial charge in [0.25, 0.3) is 0 Å². The second-order valence-corrected chi connectivity index (χ2v) is 8.95. The smallest absolute Gasteiger partial charge is 0.243 e. The van der Waals surface area contributed by atoms with Crippen LogP contribution in [0, 0.1) is 5.82 Å². The van der Waals surface area contributed by atoms with Crippen LogP contribution in [0.2, 0.25) is 0 Å². The molecule has 0 saturated heterocycles. The van der Waals surface area contributed by atoms with Crippen LogP contribution in [0.15, 0.2) is 53.4 Å². The molecule has 0 aliphatic carbocycles. The molecule has 2 rings (SSSR count). The number of carbonyl (C=O) groups excluding carboxylic acids is 1. The number of carbonyl (C=O) groups is 1. The number of sulfonamides is 1. The fourth-order valence-electron chi connectivity index (χ4n) is 2.57. The lowest BCUT2D eigenvalue weighted by Crippen LogP contribution is -2.33. The highest BCUT2D eigenvalue weighted by atomic mass is 32.2. The lowest BCUT2D eigenvalue weighted by Gasteiger charge is -2.21. The number of amides is 1. The third-order valence-electron chi connectivity index (χ3n) is 4.35. The van der Waals surface area contributed by atoms with E-state index in [1.54, 1.807) is 56.1 Å². The lowest BCUT2D eigenvalue weighted by atomic mass is 10.2. The minimum atomic E-state index is -3.56. The number of hydrogen-bond donors (Lipinski definition) is 1. The van der Waals surface area contributed by atoms with E-state index < -0.39 is 10.0 Å². The summed E-state index contributed by atoms with van der Waals surface area (Å²) in [6.07, 6.45) is 0. The van der Waals surface area contributed by atoms with Gasteiger partial charge in [-0.05, 0) is 51.2 Å². The molecule has 2 aromatic carbocycles. The molecule has 0 saturated carbocycles. The molecule has 0 unspecified atom stereocenters. The normalized spacial score (nSPS) is 12.0. The van der Waals surface area contributed by atoms with Crippen molar-refractivity contribution in [3.05, 3.63) is 59.9 Å². The highest BCUT2D eigenvalue weighted by Crippen LogP contribution is 2.19. The minimum absolute atomic E-state index is 0.0739. The molecule has 0 bridgehead atoms. The van der Waals surface area contributed by atoms with Crippen molar-refractivity contribution < 1.29 is 17.6 Å². The molecular weight excluding hydrogens is 381 g/mol. The molecule has 1 amide bonds. The summed E-state index contributed by atoms with van der Waals surface area (Å²) in [4.78, 5) is 14.1. The van der Waals surface area contributed by atoms with Gasteiger partial charge >= 0.3 is 0 Å². The van der Waals surface area contributed by atoms with Gasteiger partial charge in [0.15, 0.2) is 0 Å². The van der Waals surface area contributed by atoms with E-state index in [0.717, 1.165) is 0 Å². The Morgan fingerprint density at radius 2 is 1.68 bits per heavy atom. The van der Waals surface area contributed by atoms with Crippen molar-refractivity contribution in [1.82, 2.24) is 9.21 Å². The third-order valence-corrected chi connectivity index (χ3v) is 6.40. The molecule has 8 heteroatoms. The first-order valence-corrected chi connectivity index (χ1v) is 10.3. The summed E-state index contributed by atoms with van der Waals surface area (Å²) in [5.74, 6) is -0.577. The van der Waals surface area contributed by atoms with Crippen LogP contribution in [-0.2, 0) is 21.4 Å². The Kier molecular flexibility index (Phi) is 7.29. The van der Waals surface area contributed by atoms with E-state index in [9.17, 15) is 17.6 Å². The largest absolute Gasteiger partial charge is 0.325 e. The van der Waals surface area contributed by atoms with Crippen molar-refractivity contribution in [2.75, 3.05) is 26.0 Å². The molecule has 152 valence electrons. The molecule has 0 aromatic heterocycles. The Bertz CT molecular complexity index is 915. The fraction of sp³-hybridized carbons (Fsp3) is 0.350. The van der Waals surface area contributed by atoms with Crippen LogP contribution in [-0.4, -0.2) is 50.2 Å². The van der Waals surface area contributed by atoms with Gasteiger partial charge in [0.1, 0.15) is 5.82 Å². The summed E-state index contributed by atoms with van der Waals surface area (Å²) in [7, 11) is -0.310. The van der Waals surface area contributed by atoms with Crippen molar-refractivity contribution in [3.8, 4) is 0 Å². The van der Waals surface area contributed by atoms with Crippen molar-refractivity contribution in [1.29, 1.82) is 0 Å². The standard InChI is InChI=1S/C20H26FN3O3S/c1-15(2)24(4)28(26,27)18-11-9-17(10-12-18)22-20(25)14-23(3)13-16-7-5-6-8-19(16)21/h5-12,15H,13-14H2,1-4H3,(H,22,25). The van der Waals surface area contributed by atoms with E-state index in [-0.39, 0.29) is 29.2 Å². The summed E-state index contributed by atoms with van der Waals surface area (Å²) in [5.41, 5.74) is 1.01. The van der Waals surface area contributed by atoms with Gasteiger partial charge in [0.2, 0.25) is 15.9 Å². The molecule has 0 radical (unpaired) electrons. The van der Waals surface area contributed by atoms with Gasteiger partial charge in [-0.25, -0.2) is 12.8 Å². The maximum Gasteiger partial charge on any atom is 0.243 e. The Morgan fingerprint density at radius 1 is 1.07 bits per heavy atom. The van der Waals surface area contributed by atoms with Gasteiger partial charge in [-0.3, -0.25) is 9.69 Å². The molecule has 6 nitrogen and oxygen atoms in total. The Morgan fingerprint density at radius 3 is 2.25 bits per heavy atom. The second kappa shape index (κ2) is 9.27. The molecule has 0 fully saturated rings. The Hall–Kier alpha value is -2.29. The van der Waals surface area contributed by atoms with Crippen LogP contribution in [0.1, 0.15) is 19.4 Å². The summed E-state index contributed by atoms with van der Waals surface area (Å²) in [6.45, 7) is 3.97. The van der Waals surface area contributed by atoms with Crippen LogP contribution in [0.25, 0.3) is 0 Å². The van der Waals surface area contributed by atoms with Crippen LogP contribution in [0.5, 0.6) is 0 Å². The highest BCUT2D eigenvalue weighted by Gasteiger charge is 2.22. The van der Waals surface area contributed by atoms with Crippen molar-refractivity contribution in [3.63, 3.8) is 0 Å². The van der Waals surface area contributed by atoms with E-state index in [1.165, 1.54) is 29.6 Å². The number of hydrogen-bond acceptors (Lipinski definition) is 4. The molecule has 0 aliphatic rings. The molecule has 0 heterocycles. The molecular formula is C20H26FN3O3S. The number of nitrogens with zero attached hydrogens (tertiary/aromatic N) is 2. The maximum absolute atomic E-state index is 13.7. The topological polar surface area (TPSA) is 69.7 Å². The van der Waals surface area contributed by atoms with Crippen LogP contribution in [0.3, 0.4) is 0 Å². The first-order valence-electron chi connectivity index (χ1n) is 8.91. The predicted molar refractivity (Wildman–Crippen MR) is 108 cm³/mol. The number of likely N-dealkylation sites (N-methyl/N-ethyl adjacent to an activating group) is 1. The number of benzene rings is 2. The predicted octanol–water partition coefficient (Wildman–Crippen LogP) is 2.93. The van der Waals surface area contributed by atoms with E-state index in [4.69, 9.17) is 0 Å². The van der Waals surface area contributed by atoms with Gasteiger partial charge in [-0.1, -0.05) is 18.2 Å². The van der Waals surface area contributed by atoms with Gasteiger partial charge in [-0.15, -0.1) is 0 Å². The SMILES string of the molecule is CC(C)N(C)S(=O)(=O)c1ccc(NC(=O)CN(C)Cc2ccccc2F)cc1. The number of halogens is 1. The zero-order valence-corrected chi connectivity index (χ0v) is 17.3. The number of nitrogens with one attached hydrogen (secondary N) is 1. The zero-order valence-electron chi connectivity index (χ0n) is 16.5. The third kappa shape index (κ3) is 5.60. The Balaban J connectivity index is 1.96. The van der Waals surface area contributed by atoms with Gasteiger partial charge in [-0.2, -0.15) is 4.31 Å². The first kappa shape index (κ1) is 22.0. The fourth-order valence-corrected chi connectivity index (χ4v) is 3.94. The van der Waals surface area contributed by atoms with E-state index >= 15 is 0 Å². The average Bonchev–Trinajstić information content (AvgIpc) is 2.63. The average molecular weight is 408 g/mol. The molecule has 0 atom stereocenters. The van der Waals surface area contributed by atoms with Gasteiger partial charge in [0, 0.05) is 30.9 Å². The summed E-state index contributed by atoms with van der Waals surface area (Å²) in [5, 5.41) is 2.72. The van der Waals surface area contributed by atoms with E-state index in [1.807, 2.05) is 0 Å². The summed E-state index contributed by atoms with van der Waals surface area (Å²) in [6, 6.07) is 12.3. The highest BCUT2D eigenvalue weighted by molar-refractivity contribution is 7.89. The van der Waals surface area contributed by atoms with Crippen LogP contribution in [0.4, 0.5) is 10.1 Å². The molecule has 0 aliphatic heterocycles. The quantitative estimate of drug-likeness (QED) is 0.731. The monoisotopic (exact) mass is 407 g/mol. The van der Waals surface area contributed by atoms with E-state index in [0.29, 0.717) is 17.8 Å². The lowest BCUT2D eigenvalue weighted by molar-refractivity contribution is -0.117. The summed E-state index contributed by atoms with van der Waals surface area (Å²) < 4.78 is 39.9. The Labute approximate surface area is 166 Å². The van der Waals surface area contributed by atoms with E-state index in [2.05, 4.69) is 5.32 Å². The second-order valence-electron chi connectivity index (χ2n) is 6.95. The zero-order chi connectivity index (χ0) is 20.9. The van der Waals surface area contributed by atoms with Crippen LogP contribution < -0.4 is 5.32 Å². The first-order chi connectivity index (χ1) is 13.1. The number of rotatable bonds is 8. The maximum atomic E-state index is 13.7.